The summed E-state index contributed by atoms with van der Waals surface area (Å²) in [5.74, 6) is -1.78. The summed E-state index contributed by atoms with van der Waals surface area (Å²) in [4.78, 5) is 0. The molecule has 1 aliphatic carbocycles. The molecule has 2 aromatic carbocycles. The Bertz CT molecular complexity index is 1190. The minimum Gasteiger partial charge on any atom is -0.262 e. The Morgan fingerprint density at radius 3 is 2.66 bits per heavy atom. The molecule has 0 radical (unpaired) electrons. The molecule has 0 N–H and O–H groups in total. The van der Waals surface area contributed by atoms with Gasteiger partial charge in [-0.1, -0.05) is 38.0 Å². The van der Waals surface area contributed by atoms with Gasteiger partial charge in [-0.25, -0.2) is 13.5 Å². The highest BCUT2D eigenvalue weighted by Gasteiger charge is 2.22. The minimum absolute atomic E-state index is 0.0987. The number of hydrogen-bond donors (Lipinski definition) is 0. The van der Waals surface area contributed by atoms with Crippen molar-refractivity contribution in [2.24, 2.45) is 0 Å². The molecule has 2 aromatic heterocycles. The zero-order valence-corrected chi connectivity index (χ0v) is 16.3. The number of nitrogens with zero attached hydrogens (tertiary/aromatic N) is 4. The summed E-state index contributed by atoms with van der Waals surface area (Å²) in [6.45, 7) is 2.13. The average Bonchev–Trinajstić information content (AvgIpc) is 3.48. The fourth-order valence-electron chi connectivity index (χ4n) is 4.33. The van der Waals surface area contributed by atoms with Crippen LogP contribution in [-0.2, 0) is 6.42 Å². The number of fused-ring (bicyclic) bond motifs is 1. The third-order valence-electron chi connectivity index (χ3n) is 5.85. The van der Waals surface area contributed by atoms with Gasteiger partial charge in [0.25, 0.3) is 0 Å². The summed E-state index contributed by atoms with van der Waals surface area (Å²) in [5.41, 5.74) is 3.99. The highest BCUT2D eigenvalue weighted by molar-refractivity contribution is 5.86. The third kappa shape index (κ3) is 3.03. The van der Waals surface area contributed by atoms with E-state index in [0.29, 0.717) is 11.7 Å². The van der Waals surface area contributed by atoms with Crippen molar-refractivity contribution in [1.82, 2.24) is 19.6 Å². The average molecular weight is 392 g/mol. The topological polar surface area (TPSA) is 35.6 Å². The van der Waals surface area contributed by atoms with Gasteiger partial charge in [0, 0.05) is 17.1 Å². The lowest BCUT2D eigenvalue weighted by molar-refractivity contribution is 0.478. The van der Waals surface area contributed by atoms with Crippen molar-refractivity contribution < 1.29 is 8.78 Å². The normalized spacial score (nSPS) is 14.9. The van der Waals surface area contributed by atoms with Gasteiger partial charge in [0.1, 0.15) is 5.69 Å². The van der Waals surface area contributed by atoms with E-state index in [9.17, 15) is 8.78 Å². The van der Waals surface area contributed by atoms with Crippen LogP contribution in [0.1, 0.15) is 44.3 Å². The molecule has 4 aromatic rings. The highest BCUT2D eigenvalue weighted by Crippen LogP contribution is 2.34. The number of rotatable bonds is 4. The van der Waals surface area contributed by atoms with Crippen molar-refractivity contribution in [3.63, 3.8) is 0 Å². The number of benzene rings is 2. The van der Waals surface area contributed by atoms with Crippen molar-refractivity contribution in [3.05, 3.63) is 66.0 Å². The van der Waals surface area contributed by atoms with E-state index in [2.05, 4.69) is 28.8 Å². The molecule has 2 heterocycles. The van der Waals surface area contributed by atoms with Gasteiger partial charge in [-0.15, -0.1) is 0 Å². The van der Waals surface area contributed by atoms with Crippen molar-refractivity contribution in [2.75, 3.05) is 0 Å². The van der Waals surface area contributed by atoms with Gasteiger partial charge in [0.2, 0.25) is 0 Å². The SMILES string of the molecule is CCc1nn(C2CCCC2)c2cc(-c3ccn(-c4cccc(F)c4F)n3)ccc12. The molecule has 29 heavy (non-hydrogen) atoms. The summed E-state index contributed by atoms with van der Waals surface area (Å²) in [6.07, 6.45) is 7.37. The first-order valence-electron chi connectivity index (χ1n) is 10.2. The summed E-state index contributed by atoms with van der Waals surface area (Å²) < 4.78 is 31.3. The van der Waals surface area contributed by atoms with Crippen molar-refractivity contribution in [2.45, 2.75) is 45.1 Å². The molecule has 4 nitrogen and oxygen atoms in total. The lowest BCUT2D eigenvalue weighted by Gasteiger charge is -2.11. The van der Waals surface area contributed by atoms with Gasteiger partial charge in [0.15, 0.2) is 11.6 Å². The van der Waals surface area contributed by atoms with Crippen LogP contribution in [0, 0.1) is 11.6 Å². The molecule has 5 rings (SSSR count). The molecule has 0 bridgehead atoms. The highest BCUT2D eigenvalue weighted by atomic mass is 19.2. The predicted octanol–water partition coefficient (Wildman–Crippen LogP) is 5.84. The summed E-state index contributed by atoms with van der Waals surface area (Å²) in [6, 6.07) is 12.6. The van der Waals surface area contributed by atoms with Gasteiger partial charge in [0.05, 0.1) is 22.9 Å². The Hall–Kier alpha value is -3.02. The Labute approximate surface area is 167 Å². The number of halogens is 2. The second kappa shape index (κ2) is 7.10. The van der Waals surface area contributed by atoms with Crippen LogP contribution < -0.4 is 0 Å². The monoisotopic (exact) mass is 392 g/mol. The Balaban J connectivity index is 1.58. The molecular weight excluding hydrogens is 370 g/mol. The van der Waals surface area contributed by atoms with Crippen LogP contribution in [0.25, 0.3) is 27.8 Å². The van der Waals surface area contributed by atoms with Crippen LogP contribution in [0.15, 0.2) is 48.7 Å². The Kier molecular flexibility index (Phi) is 4.42. The smallest absolute Gasteiger partial charge is 0.184 e. The van der Waals surface area contributed by atoms with E-state index in [0.717, 1.165) is 42.1 Å². The summed E-state index contributed by atoms with van der Waals surface area (Å²) >= 11 is 0. The Morgan fingerprint density at radius 2 is 1.86 bits per heavy atom. The van der Waals surface area contributed by atoms with E-state index >= 15 is 0 Å². The standard InChI is InChI=1S/C23H22F2N4/c1-2-19-17-11-10-15(14-22(17)29(27-19)16-6-3-4-7-16)20-12-13-28(26-20)21-9-5-8-18(24)23(21)25/h5,8-14,16H,2-4,6-7H2,1H3. The zero-order chi connectivity index (χ0) is 20.0. The van der Waals surface area contributed by atoms with Gasteiger partial charge in [-0.2, -0.15) is 10.2 Å². The van der Waals surface area contributed by atoms with Gasteiger partial charge >= 0.3 is 0 Å². The fourth-order valence-corrected chi connectivity index (χ4v) is 4.33. The van der Waals surface area contributed by atoms with E-state index < -0.39 is 11.6 Å². The zero-order valence-electron chi connectivity index (χ0n) is 16.3. The maximum atomic E-state index is 14.1. The molecule has 1 fully saturated rings. The van der Waals surface area contributed by atoms with Gasteiger partial charge < -0.3 is 0 Å². The maximum absolute atomic E-state index is 14.1. The van der Waals surface area contributed by atoms with E-state index in [-0.39, 0.29) is 5.69 Å². The largest absolute Gasteiger partial charge is 0.262 e. The molecule has 148 valence electrons. The molecule has 0 spiro atoms. The number of aryl methyl sites for hydroxylation is 1. The minimum atomic E-state index is -0.899. The lowest BCUT2D eigenvalue weighted by Crippen LogP contribution is -2.06. The molecule has 6 heteroatoms. The van der Waals surface area contributed by atoms with Crippen LogP contribution in [0.5, 0.6) is 0 Å². The first-order chi connectivity index (χ1) is 14.2. The van der Waals surface area contributed by atoms with Gasteiger partial charge in [-0.05, 0) is 43.5 Å². The van der Waals surface area contributed by atoms with Crippen molar-refractivity contribution in [1.29, 1.82) is 0 Å². The number of aromatic nitrogens is 4. The summed E-state index contributed by atoms with van der Waals surface area (Å²) in [7, 11) is 0. The lowest BCUT2D eigenvalue weighted by atomic mass is 10.1. The molecule has 0 atom stereocenters. The van der Waals surface area contributed by atoms with Crippen LogP contribution in [0.4, 0.5) is 8.78 Å². The van der Waals surface area contributed by atoms with E-state index in [1.807, 2.05) is 12.1 Å². The molecule has 0 unspecified atom stereocenters. The maximum Gasteiger partial charge on any atom is 0.184 e. The van der Waals surface area contributed by atoms with Crippen molar-refractivity contribution in [3.8, 4) is 16.9 Å². The molecule has 0 amide bonds. The first kappa shape index (κ1) is 18.0. The third-order valence-corrected chi connectivity index (χ3v) is 5.85. The molecule has 1 saturated carbocycles. The van der Waals surface area contributed by atoms with Crippen molar-refractivity contribution >= 4 is 10.9 Å². The predicted molar refractivity (Wildman–Crippen MR) is 109 cm³/mol. The molecule has 0 aliphatic heterocycles. The van der Waals surface area contributed by atoms with E-state index in [4.69, 9.17) is 5.10 Å². The molecule has 1 aliphatic rings. The second-order valence-electron chi connectivity index (χ2n) is 7.63. The quantitative estimate of drug-likeness (QED) is 0.437. The molecule has 0 saturated heterocycles. The van der Waals surface area contributed by atoms with Crippen LogP contribution >= 0.6 is 0 Å². The van der Waals surface area contributed by atoms with E-state index in [1.165, 1.54) is 35.0 Å². The van der Waals surface area contributed by atoms with Crippen LogP contribution in [-0.4, -0.2) is 19.6 Å². The van der Waals surface area contributed by atoms with Gasteiger partial charge in [-0.3, -0.25) is 4.68 Å². The number of hydrogen-bond acceptors (Lipinski definition) is 2. The molecular formula is C23H22F2N4. The van der Waals surface area contributed by atoms with Crippen LogP contribution in [0.2, 0.25) is 0 Å². The Morgan fingerprint density at radius 1 is 1.03 bits per heavy atom. The van der Waals surface area contributed by atoms with E-state index in [1.54, 1.807) is 6.20 Å². The second-order valence-corrected chi connectivity index (χ2v) is 7.63. The first-order valence-corrected chi connectivity index (χ1v) is 10.2. The van der Waals surface area contributed by atoms with Crippen LogP contribution in [0.3, 0.4) is 0 Å². The fraction of sp³-hybridized carbons (Fsp3) is 0.304. The summed E-state index contributed by atoms with van der Waals surface area (Å²) in [5, 5.41) is 10.6.